The van der Waals surface area contributed by atoms with E-state index in [1.54, 1.807) is 0 Å². The van der Waals surface area contributed by atoms with Gasteiger partial charge in [-0.3, -0.25) is 9.78 Å². The molecule has 0 aliphatic carbocycles. The molecule has 0 saturated carbocycles. The lowest BCUT2D eigenvalue weighted by Gasteiger charge is -2.08. The van der Waals surface area contributed by atoms with Crippen LogP contribution in [0.4, 0.5) is 24.5 Å². The summed E-state index contributed by atoms with van der Waals surface area (Å²) in [6.07, 6.45) is 2.62. The third-order valence-corrected chi connectivity index (χ3v) is 2.33. The average Bonchev–Trinajstić information content (AvgIpc) is 2.30. The first-order valence-corrected chi connectivity index (χ1v) is 5.14. The summed E-state index contributed by atoms with van der Waals surface area (Å²) in [6, 6.07) is 2.22. The van der Waals surface area contributed by atoms with Gasteiger partial charge in [-0.15, -0.1) is 0 Å². The minimum atomic E-state index is -1.29. The summed E-state index contributed by atoms with van der Waals surface area (Å²) in [7, 11) is 0. The number of halogens is 3. The third-order valence-electron chi connectivity index (χ3n) is 2.33. The van der Waals surface area contributed by atoms with Crippen molar-refractivity contribution in [2.75, 3.05) is 11.1 Å². The van der Waals surface area contributed by atoms with E-state index in [4.69, 9.17) is 5.73 Å². The SMILES string of the molecule is Nc1cnccc1NC(=O)c1c(F)cc(F)cc1F. The van der Waals surface area contributed by atoms with Crippen LogP contribution in [0.15, 0.2) is 30.6 Å². The fraction of sp³-hybridized carbons (Fsp3) is 0. The van der Waals surface area contributed by atoms with Gasteiger partial charge in [-0.1, -0.05) is 0 Å². The number of rotatable bonds is 2. The molecule has 3 N–H and O–H groups in total. The highest BCUT2D eigenvalue weighted by atomic mass is 19.1. The van der Waals surface area contributed by atoms with Crippen molar-refractivity contribution in [2.24, 2.45) is 0 Å². The predicted octanol–water partition coefficient (Wildman–Crippen LogP) is 2.33. The molecule has 1 aromatic carbocycles. The summed E-state index contributed by atoms with van der Waals surface area (Å²) >= 11 is 0. The summed E-state index contributed by atoms with van der Waals surface area (Å²) in [4.78, 5) is 15.4. The molecule has 0 spiro atoms. The van der Waals surface area contributed by atoms with Gasteiger partial charge < -0.3 is 11.1 Å². The summed E-state index contributed by atoms with van der Waals surface area (Å²) in [6.45, 7) is 0. The first kappa shape index (κ1) is 12.9. The minimum Gasteiger partial charge on any atom is -0.396 e. The van der Waals surface area contributed by atoms with Crippen LogP contribution in [0.1, 0.15) is 10.4 Å². The number of hydrogen-bond donors (Lipinski definition) is 2. The standard InChI is InChI=1S/C12H8F3N3O/c13-6-3-7(14)11(8(15)4-6)12(19)18-10-1-2-17-5-9(10)16/h1-5H,16H2,(H,17,18,19). The summed E-state index contributed by atoms with van der Waals surface area (Å²) in [5.41, 5.74) is 4.94. The van der Waals surface area contributed by atoms with E-state index in [0.717, 1.165) is 0 Å². The van der Waals surface area contributed by atoms with E-state index in [9.17, 15) is 18.0 Å². The molecule has 7 heteroatoms. The van der Waals surface area contributed by atoms with Gasteiger partial charge in [-0.05, 0) is 6.07 Å². The number of nitrogen functional groups attached to an aromatic ring is 1. The van der Waals surface area contributed by atoms with Gasteiger partial charge in [0.2, 0.25) is 0 Å². The van der Waals surface area contributed by atoms with Crippen molar-refractivity contribution in [3.05, 3.63) is 53.6 Å². The maximum absolute atomic E-state index is 13.4. The zero-order valence-electron chi connectivity index (χ0n) is 9.45. The summed E-state index contributed by atoms with van der Waals surface area (Å²) in [5.74, 6) is -4.74. The van der Waals surface area contributed by atoms with Gasteiger partial charge in [0.15, 0.2) is 0 Å². The Hall–Kier alpha value is -2.57. The number of hydrogen-bond acceptors (Lipinski definition) is 3. The largest absolute Gasteiger partial charge is 0.396 e. The lowest BCUT2D eigenvalue weighted by atomic mass is 10.1. The number of aromatic nitrogens is 1. The zero-order valence-corrected chi connectivity index (χ0v) is 9.45. The Morgan fingerprint density at radius 1 is 1.21 bits per heavy atom. The maximum Gasteiger partial charge on any atom is 0.261 e. The molecule has 1 amide bonds. The Kier molecular flexibility index (Phi) is 3.37. The van der Waals surface area contributed by atoms with Crippen molar-refractivity contribution in [1.82, 2.24) is 4.98 Å². The second-order valence-corrected chi connectivity index (χ2v) is 3.66. The Morgan fingerprint density at radius 2 is 1.84 bits per heavy atom. The molecule has 2 rings (SSSR count). The molecule has 19 heavy (non-hydrogen) atoms. The molecule has 0 bridgehead atoms. The van der Waals surface area contributed by atoms with Crippen molar-refractivity contribution in [1.29, 1.82) is 0 Å². The lowest BCUT2D eigenvalue weighted by molar-refractivity contribution is 0.101. The van der Waals surface area contributed by atoms with E-state index in [1.807, 2.05) is 0 Å². The van der Waals surface area contributed by atoms with Crippen molar-refractivity contribution in [2.45, 2.75) is 0 Å². The molecule has 98 valence electrons. The van der Waals surface area contributed by atoms with E-state index in [-0.39, 0.29) is 11.4 Å². The molecule has 0 radical (unpaired) electrons. The Labute approximate surface area is 106 Å². The van der Waals surface area contributed by atoms with Crippen LogP contribution in [-0.4, -0.2) is 10.9 Å². The number of nitrogens with two attached hydrogens (primary N) is 1. The molecule has 0 atom stereocenters. The van der Waals surface area contributed by atoms with Gasteiger partial charge in [0, 0.05) is 18.3 Å². The van der Waals surface area contributed by atoms with Gasteiger partial charge in [-0.25, -0.2) is 13.2 Å². The van der Waals surface area contributed by atoms with Crippen molar-refractivity contribution in [3.63, 3.8) is 0 Å². The first-order valence-electron chi connectivity index (χ1n) is 5.14. The third kappa shape index (κ3) is 2.65. The quantitative estimate of drug-likeness (QED) is 0.877. The topological polar surface area (TPSA) is 68.0 Å². The van der Waals surface area contributed by atoms with E-state index >= 15 is 0 Å². The smallest absolute Gasteiger partial charge is 0.261 e. The van der Waals surface area contributed by atoms with Crippen LogP contribution in [-0.2, 0) is 0 Å². The van der Waals surface area contributed by atoms with Crippen LogP contribution in [0.25, 0.3) is 0 Å². The Morgan fingerprint density at radius 3 is 2.42 bits per heavy atom. The van der Waals surface area contributed by atoms with E-state index in [1.165, 1.54) is 18.5 Å². The molecule has 2 aromatic rings. The first-order chi connectivity index (χ1) is 8.99. The summed E-state index contributed by atoms with van der Waals surface area (Å²) < 4.78 is 39.5. The fourth-order valence-electron chi connectivity index (χ4n) is 1.46. The second-order valence-electron chi connectivity index (χ2n) is 3.66. The number of carbonyl (C=O) groups is 1. The van der Waals surface area contributed by atoms with Crippen LogP contribution < -0.4 is 11.1 Å². The molecule has 1 aromatic heterocycles. The Balaban J connectivity index is 2.34. The number of carbonyl (C=O) groups excluding carboxylic acids is 1. The highest BCUT2D eigenvalue weighted by Crippen LogP contribution is 2.19. The fourth-order valence-corrected chi connectivity index (χ4v) is 1.46. The summed E-state index contributed by atoms with van der Waals surface area (Å²) in [5, 5.41) is 2.22. The van der Waals surface area contributed by atoms with Gasteiger partial charge >= 0.3 is 0 Å². The molecule has 0 saturated heterocycles. The van der Waals surface area contributed by atoms with E-state index in [0.29, 0.717) is 12.1 Å². The average molecular weight is 267 g/mol. The van der Waals surface area contributed by atoms with E-state index in [2.05, 4.69) is 10.3 Å². The van der Waals surface area contributed by atoms with E-state index < -0.39 is 28.9 Å². The maximum atomic E-state index is 13.4. The molecule has 4 nitrogen and oxygen atoms in total. The molecule has 0 aliphatic rings. The van der Waals surface area contributed by atoms with Gasteiger partial charge in [-0.2, -0.15) is 0 Å². The number of amides is 1. The number of nitrogens with zero attached hydrogens (tertiary/aromatic N) is 1. The lowest BCUT2D eigenvalue weighted by Crippen LogP contribution is -2.17. The number of nitrogens with one attached hydrogen (secondary N) is 1. The highest BCUT2D eigenvalue weighted by Gasteiger charge is 2.19. The van der Waals surface area contributed by atoms with Crippen LogP contribution in [0.3, 0.4) is 0 Å². The van der Waals surface area contributed by atoms with Crippen molar-refractivity contribution >= 4 is 17.3 Å². The predicted molar refractivity (Wildman–Crippen MR) is 62.9 cm³/mol. The Bertz CT molecular complexity index is 623. The second kappa shape index (κ2) is 4.97. The van der Waals surface area contributed by atoms with Crippen molar-refractivity contribution in [3.8, 4) is 0 Å². The van der Waals surface area contributed by atoms with Crippen LogP contribution in [0, 0.1) is 17.5 Å². The normalized spacial score (nSPS) is 10.3. The minimum absolute atomic E-state index is 0.138. The monoisotopic (exact) mass is 267 g/mol. The van der Waals surface area contributed by atoms with Gasteiger partial charge in [0.05, 0.1) is 17.6 Å². The van der Waals surface area contributed by atoms with Gasteiger partial charge in [0.25, 0.3) is 5.91 Å². The zero-order chi connectivity index (χ0) is 14.0. The highest BCUT2D eigenvalue weighted by molar-refractivity contribution is 6.06. The molecular formula is C12H8F3N3O. The number of pyridine rings is 1. The molecule has 1 heterocycles. The molecule has 0 aliphatic heterocycles. The van der Waals surface area contributed by atoms with Crippen molar-refractivity contribution < 1.29 is 18.0 Å². The van der Waals surface area contributed by atoms with Crippen LogP contribution in [0.2, 0.25) is 0 Å². The molecule has 0 unspecified atom stereocenters. The van der Waals surface area contributed by atoms with Crippen LogP contribution >= 0.6 is 0 Å². The number of benzene rings is 1. The molecule has 0 fully saturated rings. The molecular weight excluding hydrogens is 259 g/mol. The number of anilines is 2. The van der Waals surface area contributed by atoms with Crippen LogP contribution in [0.5, 0.6) is 0 Å². The van der Waals surface area contributed by atoms with Gasteiger partial charge in [0.1, 0.15) is 23.0 Å².